The highest BCUT2D eigenvalue weighted by atomic mass is 35.5. The highest BCUT2D eigenvalue weighted by Crippen LogP contribution is 2.31. The minimum atomic E-state index is -0.175. The second kappa shape index (κ2) is 9.45. The molecule has 2 aromatic carbocycles. The van der Waals surface area contributed by atoms with Crippen LogP contribution in [0.5, 0.6) is 0 Å². The summed E-state index contributed by atoms with van der Waals surface area (Å²) in [6.45, 7) is 2.66. The Morgan fingerprint density at radius 3 is 2.41 bits per heavy atom. The number of benzene rings is 2. The standard InChI is InChI=1S/C21H20Cl2N2OS/c1-2-3-9-18-19(26)20(23)24-25(14-15-7-5-4-6-8-15)21(18)27-17-12-10-16(22)11-13-17/h4-8,10-13H,2-3,9,14H2,1H3. The maximum absolute atomic E-state index is 12.7. The molecule has 0 saturated heterocycles. The Bertz CT molecular complexity index is 956. The van der Waals surface area contributed by atoms with E-state index in [9.17, 15) is 4.79 Å². The lowest BCUT2D eigenvalue weighted by atomic mass is 10.1. The van der Waals surface area contributed by atoms with Gasteiger partial charge in [-0.05, 0) is 42.7 Å². The quantitative estimate of drug-likeness (QED) is 0.465. The number of unbranched alkanes of at least 4 members (excludes halogenated alkanes) is 1. The fourth-order valence-corrected chi connectivity index (χ4v) is 4.10. The molecule has 0 aliphatic rings. The van der Waals surface area contributed by atoms with Crippen LogP contribution >= 0.6 is 35.0 Å². The van der Waals surface area contributed by atoms with Gasteiger partial charge in [-0.15, -0.1) is 0 Å². The van der Waals surface area contributed by atoms with Gasteiger partial charge in [0, 0.05) is 15.5 Å². The van der Waals surface area contributed by atoms with Gasteiger partial charge < -0.3 is 0 Å². The van der Waals surface area contributed by atoms with Crippen LogP contribution in [-0.4, -0.2) is 9.78 Å². The summed E-state index contributed by atoms with van der Waals surface area (Å²) < 4.78 is 1.84. The van der Waals surface area contributed by atoms with Gasteiger partial charge in [0.2, 0.25) is 5.43 Å². The maximum Gasteiger partial charge on any atom is 0.223 e. The zero-order valence-corrected chi connectivity index (χ0v) is 17.3. The molecule has 0 saturated carbocycles. The lowest BCUT2D eigenvalue weighted by molar-refractivity contribution is 0.580. The maximum atomic E-state index is 12.7. The number of aromatic nitrogens is 2. The molecule has 0 unspecified atom stereocenters. The van der Waals surface area contributed by atoms with Crippen molar-refractivity contribution in [2.45, 2.75) is 42.7 Å². The number of hydrogen-bond acceptors (Lipinski definition) is 3. The molecule has 0 spiro atoms. The van der Waals surface area contributed by atoms with Crippen molar-refractivity contribution < 1.29 is 0 Å². The van der Waals surface area contributed by atoms with Crippen molar-refractivity contribution in [2.75, 3.05) is 0 Å². The fourth-order valence-electron chi connectivity index (χ4n) is 2.74. The van der Waals surface area contributed by atoms with Gasteiger partial charge in [-0.25, -0.2) is 0 Å². The van der Waals surface area contributed by atoms with Crippen molar-refractivity contribution in [2.24, 2.45) is 0 Å². The molecular weight excluding hydrogens is 399 g/mol. The Morgan fingerprint density at radius 2 is 1.74 bits per heavy atom. The van der Waals surface area contributed by atoms with Crippen LogP contribution in [0, 0.1) is 0 Å². The van der Waals surface area contributed by atoms with Crippen LogP contribution in [0.1, 0.15) is 30.9 Å². The smallest absolute Gasteiger partial charge is 0.223 e. The molecule has 1 heterocycles. The zero-order chi connectivity index (χ0) is 19.2. The molecule has 0 radical (unpaired) electrons. The van der Waals surface area contributed by atoms with Crippen LogP contribution < -0.4 is 5.43 Å². The van der Waals surface area contributed by atoms with Crippen molar-refractivity contribution in [3.63, 3.8) is 0 Å². The van der Waals surface area contributed by atoms with Crippen LogP contribution in [0.25, 0.3) is 0 Å². The molecule has 3 nitrogen and oxygen atoms in total. The van der Waals surface area contributed by atoms with Gasteiger partial charge in [0.05, 0.1) is 6.54 Å². The number of halogens is 2. The summed E-state index contributed by atoms with van der Waals surface area (Å²) in [6.07, 6.45) is 2.61. The molecule has 0 fully saturated rings. The van der Waals surface area contributed by atoms with E-state index in [2.05, 4.69) is 12.0 Å². The second-order valence-electron chi connectivity index (χ2n) is 6.21. The zero-order valence-electron chi connectivity index (χ0n) is 15.0. The van der Waals surface area contributed by atoms with Gasteiger partial charge in [0.15, 0.2) is 5.15 Å². The summed E-state index contributed by atoms with van der Waals surface area (Å²) in [6, 6.07) is 17.6. The van der Waals surface area contributed by atoms with E-state index in [-0.39, 0.29) is 10.6 Å². The van der Waals surface area contributed by atoms with Crippen LogP contribution in [0.3, 0.4) is 0 Å². The number of hydrogen-bond donors (Lipinski definition) is 0. The average Bonchev–Trinajstić information content (AvgIpc) is 2.68. The third-order valence-electron chi connectivity index (χ3n) is 4.15. The van der Waals surface area contributed by atoms with Gasteiger partial charge in [0.25, 0.3) is 0 Å². The van der Waals surface area contributed by atoms with E-state index in [1.54, 1.807) is 0 Å². The second-order valence-corrected chi connectivity index (χ2v) is 8.06. The van der Waals surface area contributed by atoms with E-state index < -0.39 is 0 Å². The largest absolute Gasteiger partial charge is 0.286 e. The summed E-state index contributed by atoms with van der Waals surface area (Å²) in [7, 11) is 0. The Hall–Kier alpha value is -1.75. The first-order valence-electron chi connectivity index (χ1n) is 8.85. The first-order chi connectivity index (χ1) is 13.1. The van der Waals surface area contributed by atoms with E-state index in [0.717, 1.165) is 33.9 Å². The van der Waals surface area contributed by atoms with Crippen LogP contribution in [-0.2, 0) is 13.0 Å². The molecule has 0 bridgehead atoms. The summed E-state index contributed by atoms with van der Waals surface area (Å²) in [4.78, 5) is 13.7. The van der Waals surface area contributed by atoms with Gasteiger partial charge in [-0.2, -0.15) is 5.10 Å². The Kier molecular flexibility index (Phi) is 7.00. The van der Waals surface area contributed by atoms with E-state index >= 15 is 0 Å². The first-order valence-corrected chi connectivity index (χ1v) is 10.4. The summed E-state index contributed by atoms with van der Waals surface area (Å²) in [5, 5.41) is 5.92. The molecule has 0 aliphatic heterocycles. The predicted octanol–water partition coefficient (Wildman–Crippen LogP) is 6.09. The summed E-state index contributed by atoms with van der Waals surface area (Å²) in [5.74, 6) is 0. The van der Waals surface area contributed by atoms with Crippen LogP contribution in [0.2, 0.25) is 10.2 Å². The molecule has 27 heavy (non-hydrogen) atoms. The van der Waals surface area contributed by atoms with Gasteiger partial charge in [0.1, 0.15) is 5.03 Å². The minimum Gasteiger partial charge on any atom is -0.286 e. The molecule has 0 N–H and O–H groups in total. The molecular formula is C21H20Cl2N2OS. The predicted molar refractivity (Wildman–Crippen MR) is 113 cm³/mol. The van der Waals surface area contributed by atoms with Crippen molar-refractivity contribution in [1.29, 1.82) is 0 Å². The molecule has 1 aromatic heterocycles. The third-order valence-corrected chi connectivity index (χ3v) is 5.80. The first kappa shape index (κ1) is 20.0. The summed E-state index contributed by atoms with van der Waals surface area (Å²) >= 11 is 13.7. The van der Waals surface area contributed by atoms with E-state index in [1.165, 1.54) is 11.8 Å². The molecule has 0 atom stereocenters. The highest BCUT2D eigenvalue weighted by Gasteiger charge is 2.17. The normalized spacial score (nSPS) is 10.9. The van der Waals surface area contributed by atoms with E-state index in [1.807, 2.05) is 59.3 Å². The molecule has 6 heteroatoms. The van der Waals surface area contributed by atoms with E-state index in [4.69, 9.17) is 23.2 Å². The third kappa shape index (κ3) is 5.16. The minimum absolute atomic E-state index is 0.0255. The SMILES string of the molecule is CCCCc1c(Sc2ccc(Cl)cc2)n(Cc2ccccc2)nc(Cl)c1=O. The average molecular weight is 419 g/mol. The molecule has 140 valence electrons. The molecule has 0 aliphatic carbocycles. The lowest BCUT2D eigenvalue weighted by Gasteiger charge is -2.16. The van der Waals surface area contributed by atoms with Crippen molar-refractivity contribution in [3.05, 3.63) is 86.1 Å². The molecule has 0 amide bonds. The monoisotopic (exact) mass is 418 g/mol. The van der Waals surface area contributed by atoms with Crippen LogP contribution in [0.15, 0.2) is 69.3 Å². The number of rotatable bonds is 7. The highest BCUT2D eigenvalue weighted by molar-refractivity contribution is 7.99. The van der Waals surface area contributed by atoms with Gasteiger partial charge >= 0.3 is 0 Å². The molecule has 3 aromatic rings. The Balaban J connectivity index is 2.08. The van der Waals surface area contributed by atoms with Gasteiger partial charge in [-0.3, -0.25) is 9.48 Å². The Morgan fingerprint density at radius 1 is 1.04 bits per heavy atom. The topological polar surface area (TPSA) is 34.9 Å². The van der Waals surface area contributed by atoms with E-state index in [0.29, 0.717) is 18.0 Å². The Labute approximate surface area is 173 Å². The van der Waals surface area contributed by atoms with Crippen molar-refractivity contribution >= 4 is 35.0 Å². The van der Waals surface area contributed by atoms with Crippen molar-refractivity contribution in [3.8, 4) is 0 Å². The molecule has 3 rings (SSSR count). The number of nitrogens with zero attached hydrogens (tertiary/aromatic N) is 2. The fraction of sp³-hybridized carbons (Fsp3) is 0.238. The van der Waals surface area contributed by atoms with Gasteiger partial charge in [-0.1, -0.05) is 78.6 Å². The van der Waals surface area contributed by atoms with Crippen LogP contribution in [0.4, 0.5) is 0 Å². The summed E-state index contributed by atoms with van der Waals surface area (Å²) in [5.41, 5.74) is 1.66. The lowest BCUT2D eigenvalue weighted by Crippen LogP contribution is -2.21. The van der Waals surface area contributed by atoms with Crippen molar-refractivity contribution in [1.82, 2.24) is 9.78 Å².